The Morgan fingerprint density at radius 2 is 0.220 bits per heavy atom. The second-order valence-electron chi connectivity index (χ2n) is 65.6. The van der Waals surface area contributed by atoms with Gasteiger partial charge in [-0.1, -0.05) is 527 Å². The van der Waals surface area contributed by atoms with Gasteiger partial charge in [-0.15, -0.1) is 21.5 Å². The average Bonchev–Trinajstić information content (AvgIpc) is 0.694. The Hall–Kier alpha value is -4.05. The highest BCUT2D eigenvalue weighted by atomic mass is 31.2. The van der Waals surface area contributed by atoms with Crippen LogP contribution in [-0.4, -0.2) is 45.7 Å². The zero-order valence-corrected chi connectivity index (χ0v) is 109. The Kier molecular flexibility index (Phi) is 31.6. The van der Waals surface area contributed by atoms with Crippen molar-refractivity contribution in [2.75, 3.05) is 0 Å². The molecule has 3 aliphatic heterocycles. The van der Waals surface area contributed by atoms with Crippen LogP contribution < -0.4 is 0 Å². The molecule has 0 saturated heterocycles. The van der Waals surface area contributed by atoms with Gasteiger partial charge in [-0.3, -0.25) is 0 Å². The van der Waals surface area contributed by atoms with Crippen LogP contribution in [0.1, 0.15) is 586 Å². The van der Waals surface area contributed by atoms with Crippen molar-refractivity contribution in [3.8, 4) is 0 Å². The average molecular weight is 2020 g/mol. The molecule has 3 heterocycles. The smallest absolute Gasteiger partial charge is 0.0124 e. The molecule has 0 saturated carbocycles. The summed E-state index contributed by atoms with van der Waals surface area (Å²) in [7, 11) is -6.13. The second-order valence-corrected chi connectivity index (χ2v) is 82.6. The first-order valence-electron chi connectivity index (χ1n) is 54.5. The minimum atomic E-state index is -1.09. The van der Waals surface area contributed by atoms with Gasteiger partial charge in [0.1, 0.15) is 0 Å². The van der Waals surface area contributed by atoms with Crippen LogP contribution in [0.25, 0.3) is 0 Å². The van der Waals surface area contributed by atoms with E-state index in [0.717, 1.165) is 18.5 Å². The van der Waals surface area contributed by atoms with Crippen LogP contribution in [0, 0.1) is 0 Å². The van der Waals surface area contributed by atoms with E-state index in [1.54, 1.807) is 63.6 Å². The first kappa shape index (κ1) is 119. The number of hydrogen-bond acceptors (Lipinski definition) is 0. The molecule has 141 heavy (non-hydrogen) atoms. The van der Waals surface area contributed by atoms with Gasteiger partial charge in [0.2, 0.25) is 0 Å². The third kappa shape index (κ3) is 24.7. The maximum atomic E-state index is 2.94. The highest BCUT2D eigenvalue weighted by Gasteiger charge is 2.53. The van der Waals surface area contributed by atoms with E-state index in [4.69, 9.17) is 0 Å². The van der Waals surface area contributed by atoms with Gasteiger partial charge in [0.15, 0.2) is 0 Å². The maximum absolute atomic E-state index is 2.94. The molecule has 780 valence electrons. The zero-order chi connectivity index (χ0) is 109. The third-order valence-corrected chi connectivity index (χ3v) is 52.3. The Morgan fingerprint density at radius 3 is 0.291 bits per heavy atom. The molecule has 0 aliphatic carbocycles. The maximum Gasteiger partial charge on any atom is 0.0124 e. The molecular formula is C135H210P6. The zero-order valence-electron chi connectivity index (χ0n) is 103. The summed E-state index contributed by atoms with van der Waals surface area (Å²) in [5.74, 6) is 0. The molecule has 7 aromatic carbocycles. The minimum Gasteiger partial charge on any atom is -0.103 e. The topological polar surface area (TPSA) is 0 Å². The number of rotatable bonds is 12. The predicted octanol–water partition coefficient (Wildman–Crippen LogP) is 41.9. The first-order valence-corrected chi connectivity index (χ1v) is 63.1. The van der Waals surface area contributed by atoms with Crippen LogP contribution in [0.3, 0.4) is 0 Å². The van der Waals surface area contributed by atoms with Crippen molar-refractivity contribution in [3.63, 3.8) is 0 Å². The molecule has 0 bridgehead atoms. The summed E-state index contributed by atoms with van der Waals surface area (Å²) in [6.45, 7) is 161. The molecule has 0 radical (unpaired) electrons. The van der Waals surface area contributed by atoms with Gasteiger partial charge in [0.25, 0.3) is 0 Å². The summed E-state index contributed by atoms with van der Waals surface area (Å²) >= 11 is 0. The van der Waals surface area contributed by atoms with Gasteiger partial charge in [-0.2, -0.15) is 0 Å². The van der Waals surface area contributed by atoms with Crippen LogP contribution in [0.4, 0.5) is 0 Å². The van der Waals surface area contributed by atoms with E-state index in [1.807, 2.05) is 0 Å². The van der Waals surface area contributed by atoms with Gasteiger partial charge in [-0.25, -0.2) is 0 Å². The summed E-state index contributed by atoms with van der Waals surface area (Å²) in [6, 6.07) is 41.7. The molecule has 6 heteroatoms. The number of hydrogen-bond donors (Lipinski definition) is 0. The molecule has 10 rings (SSSR count). The van der Waals surface area contributed by atoms with Crippen molar-refractivity contribution in [2.45, 2.75) is 568 Å². The van der Waals surface area contributed by atoms with Gasteiger partial charge >= 0.3 is 0 Å². The SMILES string of the molecule is CC(C)(C)c1cc(C(C)(C)C)c(C2=P(Cc3cc(CP4=C(c5c(C(C)(C)C)cc(C(C)(C)C)cc5C(C)(C)C)P(C(C)(C)C)C=4c4c(C(C)(C)C)cc(C(C)(C)C)cc4C(C)(C)C)cc(CP4=C(c5c(C(C)(C)C)cc(C(C)(C)C)cc5C(C)(C)C)P(C(C)(C)C)C=4c4c(C(C)(C)C)cc(C(C)(C)C)cc4C(C)(C)C)c3)=C(c3c(C(C)(C)C)cc(C(C)(C)C)cc3C(C)(C)C)P2C(C)(C)C)c(C(C)(C)C)c1. The lowest BCUT2D eigenvalue weighted by Crippen LogP contribution is -2.35. The van der Waals surface area contributed by atoms with E-state index in [-0.39, 0.29) is 113 Å². The van der Waals surface area contributed by atoms with Crippen LogP contribution in [0.15, 0.2) is 91.0 Å². The Morgan fingerprint density at radius 1 is 0.128 bits per heavy atom. The highest BCUT2D eigenvalue weighted by Crippen LogP contribution is 2.75. The molecule has 7 aromatic rings. The molecule has 0 atom stereocenters. The summed E-state index contributed by atoms with van der Waals surface area (Å²) < 4.78 is 0. The van der Waals surface area contributed by atoms with E-state index in [1.165, 1.54) is 117 Å². The Balaban J connectivity index is 1.66. The van der Waals surface area contributed by atoms with Crippen LogP contribution in [-0.2, 0) is 116 Å². The van der Waals surface area contributed by atoms with Crippen molar-refractivity contribution >= 4 is 75.5 Å². The lowest BCUT2D eigenvalue weighted by Gasteiger charge is -2.48. The summed E-state index contributed by atoms with van der Waals surface area (Å²) in [5, 5.41) is 10.4. The fourth-order valence-electron chi connectivity index (χ4n) is 21.7. The van der Waals surface area contributed by atoms with Crippen molar-refractivity contribution in [2.24, 2.45) is 0 Å². The molecule has 0 fully saturated rings. The normalized spacial score (nSPS) is 18.4. The van der Waals surface area contributed by atoms with Crippen molar-refractivity contribution in [3.05, 3.63) is 241 Å². The fraction of sp³-hybridized carbons (Fsp3) is 0.644. The van der Waals surface area contributed by atoms with Crippen LogP contribution in [0.2, 0.25) is 0 Å². The summed E-state index contributed by atoms with van der Waals surface area (Å²) in [4.78, 5) is 0. The standard InChI is InChI=1S/C135H210P6/c1-115(2,3)85-67-91(121(19,20)21)103(92(68-85)122(22,23)24)109-136(110(139(109)133(55,56)57)104-93(123(25,26)27)69-86(116(4,5)6)70-94(104)124(28,29)30)79-82-64-83(80-137-111(105-95(125(31,32)33)71-87(117(7,8)9)72-96(105)126(34,35)36)140(134(58,59)60)112(137)106-97(127(37,38)39)73-88(118(10,11)12)74-98(106)128(40,41)42)66-84(65-82)81-138-113(107-99(129(43,44)45)75-89(119(13,14)15)76-100(107)130(46,47)48)141(135(61,62)63)114(138)108-101(131(49,50)51)77-90(120(16,17)18)78-102(108)132(52,53)54/h64-78H,79-81H2,1-63H3. The molecular weight excluding hydrogens is 1810 g/mol. The van der Waals surface area contributed by atoms with E-state index >= 15 is 0 Å². The number of benzene rings is 7. The first-order chi connectivity index (χ1) is 62.3. The van der Waals surface area contributed by atoms with E-state index in [9.17, 15) is 0 Å². The molecule has 0 nitrogen and oxygen atoms in total. The molecule has 0 amide bonds. The summed E-state index contributed by atoms with van der Waals surface area (Å²) in [5.41, 5.74) is 38.7. The largest absolute Gasteiger partial charge is 0.103 e. The van der Waals surface area contributed by atoms with E-state index in [0.29, 0.717) is 0 Å². The minimum absolute atomic E-state index is 0.0717. The van der Waals surface area contributed by atoms with E-state index < -0.39 is 45.3 Å². The lowest BCUT2D eigenvalue weighted by atomic mass is 9.72. The Bertz CT molecular complexity index is 5170. The fourth-order valence-corrected chi connectivity index (χ4v) is 49.1. The van der Waals surface area contributed by atoms with Gasteiger partial charge in [0.05, 0.1) is 0 Å². The predicted molar refractivity (Wildman–Crippen MR) is 658 cm³/mol. The van der Waals surface area contributed by atoms with Gasteiger partial charge in [0, 0.05) is 48.7 Å². The molecule has 0 unspecified atom stereocenters. The monoisotopic (exact) mass is 2020 g/mol. The molecule has 0 spiro atoms. The molecule has 3 aliphatic rings. The van der Waals surface area contributed by atoms with Crippen molar-refractivity contribution in [1.82, 2.24) is 0 Å². The van der Waals surface area contributed by atoms with Gasteiger partial charge in [-0.05, 0) is 287 Å². The lowest BCUT2D eigenvalue weighted by molar-refractivity contribution is 0.546. The third-order valence-electron chi connectivity index (χ3n) is 30.0. The second kappa shape index (κ2) is 37.5. The highest BCUT2D eigenvalue weighted by molar-refractivity contribution is 8.16. The molecule has 0 N–H and O–H groups in total. The quantitative estimate of drug-likeness (QED) is 0.107. The Labute approximate surface area is 877 Å². The van der Waals surface area contributed by atoms with Crippen molar-refractivity contribution in [1.29, 1.82) is 0 Å². The van der Waals surface area contributed by atoms with Crippen LogP contribution in [0.5, 0.6) is 0 Å². The summed E-state index contributed by atoms with van der Waals surface area (Å²) in [6.07, 6.45) is 2.87. The van der Waals surface area contributed by atoms with Gasteiger partial charge < -0.3 is 0 Å². The van der Waals surface area contributed by atoms with E-state index in [2.05, 4.69) is 527 Å². The van der Waals surface area contributed by atoms with Crippen molar-refractivity contribution < 1.29 is 0 Å². The van der Waals surface area contributed by atoms with Crippen LogP contribution >= 0.6 is 45.3 Å². The molecule has 0 aromatic heterocycles.